The van der Waals surface area contributed by atoms with E-state index >= 15 is 0 Å². The summed E-state index contributed by atoms with van der Waals surface area (Å²) in [5.74, 6) is 0.245. The van der Waals surface area contributed by atoms with E-state index in [1.54, 1.807) is 24.3 Å². The average Bonchev–Trinajstić information content (AvgIpc) is 3.10. The maximum atomic E-state index is 11.9. The minimum absolute atomic E-state index is 0.161. The van der Waals surface area contributed by atoms with Gasteiger partial charge >= 0.3 is 0 Å². The molecule has 0 saturated heterocycles. The molecule has 0 aliphatic heterocycles. The van der Waals surface area contributed by atoms with Crippen molar-refractivity contribution in [1.29, 1.82) is 0 Å². The third-order valence-electron chi connectivity index (χ3n) is 2.79. The van der Waals surface area contributed by atoms with Gasteiger partial charge in [0.15, 0.2) is 0 Å². The fraction of sp³-hybridized carbons (Fsp3) is 0.333. The zero-order valence-corrected chi connectivity index (χ0v) is 10.7. The number of nitrogens with one attached hydrogen (secondary N) is 1. The highest BCUT2D eigenvalue weighted by atomic mass is 35.5. The molecule has 17 heavy (non-hydrogen) atoms. The third-order valence-corrected chi connectivity index (χ3v) is 3.30. The van der Waals surface area contributed by atoms with E-state index in [1.807, 2.05) is 0 Å². The first-order chi connectivity index (χ1) is 8.08. The quantitative estimate of drug-likeness (QED) is 0.823. The van der Waals surface area contributed by atoms with Crippen LogP contribution in [0.2, 0.25) is 5.02 Å². The largest absolute Gasteiger partial charge is 0.392 e. The number of rotatable bonds is 4. The summed E-state index contributed by atoms with van der Waals surface area (Å²) in [6, 6.07) is 6.54. The van der Waals surface area contributed by atoms with Crippen LogP contribution in [0.5, 0.6) is 0 Å². The van der Waals surface area contributed by atoms with Crippen molar-refractivity contribution in [3.8, 4) is 0 Å². The molecule has 0 radical (unpaired) electrons. The Balaban J connectivity index is 2.04. The molecule has 0 aromatic heterocycles. The number of hydrogen-bond donors (Lipinski definition) is 2. The van der Waals surface area contributed by atoms with Crippen molar-refractivity contribution in [1.82, 2.24) is 5.32 Å². The number of thiocarbonyl (C=S) groups is 1. The Morgan fingerprint density at radius 1 is 1.41 bits per heavy atom. The van der Waals surface area contributed by atoms with Crippen LogP contribution in [0.3, 0.4) is 0 Å². The Kier molecular flexibility index (Phi) is 3.64. The lowest BCUT2D eigenvalue weighted by atomic mass is 10.1. The summed E-state index contributed by atoms with van der Waals surface area (Å²) in [6.45, 7) is 0. The van der Waals surface area contributed by atoms with Gasteiger partial charge in [-0.05, 0) is 43.0 Å². The third kappa shape index (κ3) is 3.17. The number of benzene rings is 1. The smallest absolute Gasteiger partial charge is 0.251 e. The Bertz CT molecular complexity index is 442. The molecule has 1 unspecified atom stereocenters. The second kappa shape index (κ2) is 5.02. The first-order valence-electron chi connectivity index (χ1n) is 5.43. The summed E-state index contributed by atoms with van der Waals surface area (Å²) in [5.41, 5.74) is 6.19. The molecule has 90 valence electrons. The number of nitrogens with two attached hydrogens (primary N) is 1. The Hall–Kier alpha value is -1.13. The summed E-state index contributed by atoms with van der Waals surface area (Å²) < 4.78 is 0. The van der Waals surface area contributed by atoms with Crippen LogP contribution in [0.4, 0.5) is 0 Å². The van der Waals surface area contributed by atoms with E-state index in [4.69, 9.17) is 29.6 Å². The number of halogens is 1. The second-order valence-electron chi connectivity index (χ2n) is 4.20. The summed E-state index contributed by atoms with van der Waals surface area (Å²) in [4.78, 5) is 12.3. The monoisotopic (exact) mass is 268 g/mol. The van der Waals surface area contributed by atoms with E-state index in [-0.39, 0.29) is 11.9 Å². The highest BCUT2D eigenvalue weighted by Crippen LogP contribution is 2.32. The summed E-state index contributed by atoms with van der Waals surface area (Å²) in [5, 5.41) is 3.47. The van der Waals surface area contributed by atoms with Crippen LogP contribution in [0.25, 0.3) is 0 Å². The molecule has 0 heterocycles. The fourth-order valence-electron chi connectivity index (χ4n) is 1.68. The zero-order chi connectivity index (χ0) is 12.4. The molecule has 1 aromatic carbocycles. The molecule has 1 fully saturated rings. The topological polar surface area (TPSA) is 55.1 Å². The van der Waals surface area contributed by atoms with Gasteiger partial charge in [0.1, 0.15) is 0 Å². The van der Waals surface area contributed by atoms with Gasteiger partial charge in [0.05, 0.1) is 11.0 Å². The van der Waals surface area contributed by atoms with Crippen LogP contribution in [0.1, 0.15) is 23.2 Å². The van der Waals surface area contributed by atoms with Crippen molar-refractivity contribution >= 4 is 34.7 Å². The lowest BCUT2D eigenvalue weighted by Gasteiger charge is -2.16. The Morgan fingerprint density at radius 3 is 2.47 bits per heavy atom. The van der Waals surface area contributed by atoms with Crippen molar-refractivity contribution in [2.75, 3.05) is 0 Å². The van der Waals surface area contributed by atoms with Gasteiger partial charge in [0.2, 0.25) is 0 Å². The lowest BCUT2D eigenvalue weighted by Crippen LogP contribution is -2.45. The molecule has 1 amide bonds. The normalized spacial score (nSPS) is 16.3. The molecule has 1 aliphatic rings. The minimum atomic E-state index is -0.187. The average molecular weight is 269 g/mol. The maximum absolute atomic E-state index is 11.9. The molecule has 5 heteroatoms. The Morgan fingerprint density at radius 2 is 2.00 bits per heavy atom. The highest BCUT2D eigenvalue weighted by Gasteiger charge is 2.34. The number of hydrogen-bond acceptors (Lipinski definition) is 2. The molecule has 3 N–H and O–H groups in total. The van der Waals surface area contributed by atoms with E-state index in [1.165, 1.54) is 0 Å². The fourth-order valence-corrected chi connectivity index (χ4v) is 2.05. The standard InChI is InChI=1S/C12H13ClN2OS/c13-9-5-3-8(4-6-9)12(16)15-10(11(14)17)7-1-2-7/h3-7,10H,1-2H2,(H2,14,17)(H,15,16). The van der Waals surface area contributed by atoms with Crippen LogP contribution in [0, 0.1) is 5.92 Å². The summed E-state index contributed by atoms with van der Waals surface area (Å²) >= 11 is 10.7. The molecule has 1 saturated carbocycles. The molecule has 3 nitrogen and oxygen atoms in total. The summed E-state index contributed by atoms with van der Waals surface area (Å²) in [7, 11) is 0. The molecule has 1 atom stereocenters. The molecule has 0 spiro atoms. The van der Waals surface area contributed by atoms with E-state index in [2.05, 4.69) is 5.32 Å². The summed E-state index contributed by atoms with van der Waals surface area (Å²) in [6.07, 6.45) is 2.14. The molecule has 0 bridgehead atoms. The van der Waals surface area contributed by atoms with Crippen LogP contribution < -0.4 is 11.1 Å². The van der Waals surface area contributed by atoms with E-state index < -0.39 is 0 Å². The minimum Gasteiger partial charge on any atom is -0.392 e. The van der Waals surface area contributed by atoms with Crippen LogP contribution in [-0.2, 0) is 0 Å². The number of carbonyl (C=O) groups excluding carboxylic acids is 1. The van der Waals surface area contributed by atoms with Gasteiger partial charge in [-0.15, -0.1) is 0 Å². The van der Waals surface area contributed by atoms with Crippen molar-refractivity contribution < 1.29 is 4.79 Å². The van der Waals surface area contributed by atoms with Gasteiger partial charge in [-0.3, -0.25) is 4.79 Å². The van der Waals surface area contributed by atoms with Gasteiger partial charge in [-0.25, -0.2) is 0 Å². The van der Waals surface area contributed by atoms with Crippen molar-refractivity contribution in [3.05, 3.63) is 34.9 Å². The molecular weight excluding hydrogens is 256 g/mol. The van der Waals surface area contributed by atoms with Gasteiger partial charge in [-0.1, -0.05) is 23.8 Å². The zero-order valence-electron chi connectivity index (χ0n) is 9.15. The molecule has 1 aromatic rings. The van der Waals surface area contributed by atoms with Crippen molar-refractivity contribution in [2.24, 2.45) is 11.7 Å². The van der Waals surface area contributed by atoms with E-state index in [9.17, 15) is 4.79 Å². The van der Waals surface area contributed by atoms with Crippen LogP contribution >= 0.6 is 23.8 Å². The molecule has 1 aliphatic carbocycles. The van der Waals surface area contributed by atoms with Gasteiger partial charge in [0, 0.05) is 10.6 Å². The predicted molar refractivity (Wildman–Crippen MR) is 72.2 cm³/mol. The SMILES string of the molecule is NC(=S)C(NC(=O)c1ccc(Cl)cc1)C1CC1. The first kappa shape index (κ1) is 12.3. The second-order valence-corrected chi connectivity index (χ2v) is 5.11. The van der Waals surface area contributed by atoms with Gasteiger partial charge in [-0.2, -0.15) is 0 Å². The van der Waals surface area contributed by atoms with E-state index in [0.29, 0.717) is 21.5 Å². The highest BCUT2D eigenvalue weighted by molar-refractivity contribution is 7.80. The van der Waals surface area contributed by atoms with E-state index in [0.717, 1.165) is 12.8 Å². The Labute approximate surface area is 110 Å². The molecule has 2 rings (SSSR count). The van der Waals surface area contributed by atoms with Crippen LogP contribution in [-0.4, -0.2) is 16.9 Å². The van der Waals surface area contributed by atoms with Gasteiger partial charge in [0.25, 0.3) is 5.91 Å². The number of carbonyl (C=O) groups is 1. The van der Waals surface area contributed by atoms with Gasteiger partial charge < -0.3 is 11.1 Å². The number of amides is 1. The van der Waals surface area contributed by atoms with Crippen molar-refractivity contribution in [2.45, 2.75) is 18.9 Å². The predicted octanol–water partition coefficient (Wildman–Crippen LogP) is 2.13. The first-order valence-corrected chi connectivity index (χ1v) is 6.22. The molecular formula is C12H13ClN2OS. The van der Waals surface area contributed by atoms with Crippen molar-refractivity contribution in [3.63, 3.8) is 0 Å². The van der Waals surface area contributed by atoms with Crippen LogP contribution in [0.15, 0.2) is 24.3 Å². The lowest BCUT2D eigenvalue weighted by molar-refractivity contribution is 0.0944. The maximum Gasteiger partial charge on any atom is 0.251 e.